The van der Waals surface area contributed by atoms with Gasteiger partial charge in [-0.3, -0.25) is 4.98 Å². The Kier molecular flexibility index (Phi) is 3.90. The second-order valence-electron chi connectivity index (χ2n) is 5.10. The van der Waals surface area contributed by atoms with Gasteiger partial charge >= 0.3 is 0 Å². The molecule has 2 aromatic rings. The van der Waals surface area contributed by atoms with Crippen molar-refractivity contribution in [1.82, 2.24) is 9.97 Å². The lowest BCUT2D eigenvalue weighted by molar-refractivity contribution is 0.171. The van der Waals surface area contributed by atoms with Gasteiger partial charge in [-0.1, -0.05) is 6.07 Å². The standard InChI is InChI=1S/C16H19N3O2/c1-11-10-18-12(2)16(19-11)17-6-5-13-3-4-14-15(9-13)21-8-7-20-14/h3-4,9-10H,5-8H2,1-2H3,(H,17,19). The number of fused-ring (bicyclic) bond motifs is 1. The first kappa shape index (κ1) is 13.7. The highest BCUT2D eigenvalue weighted by Crippen LogP contribution is 2.30. The normalized spacial score (nSPS) is 13.0. The van der Waals surface area contributed by atoms with E-state index in [1.54, 1.807) is 6.20 Å². The van der Waals surface area contributed by atoms with E-state index in [4.69, 9.17) is 9.47 Å². The van der Waals surface area contributed by atoms with E-state index in [0.717, 1.165) is 41.7 Å². The lowest BCUT2D eigenvalue weighted by Crippen LogP contribution is -2.15. The van der Waals surface area contributed by atoms with Crippen molar-refractivity contribution in [3.63, 3.8) is 0 Å². The van der Waals surface area contributed by atoms with Gasteiger partial charge in [0, 0.05) is 12.7 Å². The van der Waals surface area contributed by atoms with Crippen LogP contribution < -0.4 is 14.8 Å². The summed E-state index contributed by atoms with van der Waals surface area (Å²) in [6.07, 6.45) is 2.67. The van der Waals surface area contributed by atoms with Crippen LogP contribution in [0, 0.1) is 13.8 Å². The van der Waals surface area contributed by atoms with E-state index < -0.39 is 0 Å². The van der Waals surface area contributed by atoms with Crippen LogP contribution in [0.15, 0.2) is 24.4 Å². The lowest BCUT2D eigenvalue weighted by atomic mass is 10.1. The molecule has 0 aliphatic carbocycles. The maximum Gasteiger partial charge on any atom is 0.161 e. The molecule has 0 bridgehead atoms. The summed E-state index contributed by atoms with van der Waals surface area (Å²) in [4.78, 5) is 8.76. The third-order valence-electron chi connectivity index (χ3n) is 3.39. The fourth-order valence-electron chi connectivity index (χ4n) is 2.27. The van der Waals surface area contributed by atoms with E-state index in [-0.39, 0.29) is 0 Å². The monoisotopic (exact) mass is 285 g/mol. The first-order valence-electron chi connectivity index (χ1n) is 7.15. The van der Waals surface area contributed by atoms with Crippen molar-refractivity contribution in [2.45, 2.75) is 20.3 Å². The zero-order chi connectivity index (χ0) is 14.7. The zero-order valence-corrected chi connectivity index (χ0v) is 12.3. The second kappa shape index (κ2) is 5.99. The van der Waals surface area contributed by atoms with Crippen LogP contribution in [0.4, 0.5) is 5.82 Å². The molecule has 0 spiro atoms. The van der Waals surface area contributed by atoms with Crippen molar-refractivity contribution >= 4 is 5.82 Å². The van der Waals surface area contributed by atoms with E-state index in [0.29, 0.717) is 13.2 Å². The first-order chi connectivity index (χ1) is 10.2. The molecule has 0 fully saturated rings. The molecule has 0 amide bonds. The van der Waals surface area contributed by atoms with Crippen LogP contribution in [-0.2, 0) is 6.42 Å². The third-order valence-corrected chi connectivity index (χ3v) is 3.39. The minimum Gasteiger partial charge on any atom is -0.486 e. The molecule has 0 unspecified atom stereocenters. The molecule has 3 rings (SSSR count). The predicted molar refractivity (Wildman–Crippen MR) is 81.1 cm³/mol. The second-order valence-corrected chi connectivity index (χ2v) is 5.10. The van der Waals surface area contributed by atoms with E-state index in [1.165, 1.54) is 5.56 Å². The molecular weight excluding hydrogens is 266 g/mol. The molecule has 1 aliphatic rings. The molecule has 5 nitrogen and oxygen atoms in total. The number of benzene rings is 1. The molecule has 0 saturated carbocycles. The minimum atomic E-state index is 0.618. The summed E-state index contributed by atoms with van der Waals surface area (Å²) in [5.41, 5.74) is 3.05. The molecule has 1 N–H and O–H groups in total. The Morgan fingerprint density at radius 1 is 1.14 bits per heavy atom. The van der Waals surface area contributed by atoms with Gasteiger partial charge in [0.2, 0.25) is 0 Å². The van der Waals surface area contributed by atoms with Crippen LogP contribution in [-0.4, -0.2) is 29.7 Å². The van der Waals surface area contributed by atoms with Crippen LogP contribution in [0.3, 0.4) is 0 Å². The predicted octanol–water partition coefficient (Wildman–Crippen LogP) is 2.52. The van der Waals surface area contributed by atoms with Gasteiger partial charge in [-0.25, -0.2) is 4.98 Å². The molecule has 0 atom stereocenters. The van der Waals surface area contributed by atoms with Gasteiger partial charge in [-0.15, -0.1) is 0 Å². The maximum absolute atomic E-state index is 5.60. The fraction of sp³-hybridized carbons (Fsp3) is 0.375. The molecule has 2 heterocycles. The minimum absolute atomic E-state index is 0.618. The largest absolute Gasteiger partial charge is 0.486 e. The van der Waals surface area contributed by atoms with Gasteiger partial charge in [0.1, 0.15) is 19.0 Å². The van der Waals surface area contributed by atoms with Gasteiger partial charge in [-0.2, -0.15) is 0 Å². The van der Waals surface area contributed by atoms with Gasteiger partial charge < -0.3 is 14.8 Å². The Bertz CT molecular complexity index is 643. The fourth-order valence-corrected chi connectivity index (χ4v) is 2.27. The molecule has 21 heavy (non-hydrogen) atoms. The summed E-state index contributed by atoms with van der Waals surface area (Å²) in [6, 6.07) is 6.09. The number of hydrogen-bond donors (Lipinski definition) is 1. The lowest BCUT2D eigenvalue weighted by Gasteiger charge is -2.19. The summed E-state index contributed by atoms with van der Waals surface area (Å²) in [7, 11) is 0. The number of nitrogens with one attached hydrogen (secondary N) is 1. The van der Waals surface area contributed by atoms with Crippen LogP contribution in [0.5, 0.6) is 11.5 Å². The number of hydrogen-bond acceptors (Lipinski definition) is 5. The van der Waals surface area contributed by atoms with Crippen molar-refractivity contribution in [3.8, 4) is 11.5 Å². The molecule has 1 aromatic carbocycles. The van der Waals surface area contributed by atoms with Gasteiger partial charge in [0.25, 0.3) is 0 Å². The van der Waals surface area contributed by atoms with Crippen molar-refractivity contribution in [2.75, 3.05) is 25.1 Å². The number of nitrogens with zero attached hydrogens (tertiary/aromatic N) is 2. The molecule has 0 radical (unpaired) electrons. The van der Waals surface area contributed by atoms with Crippen LogP contribution in [0.2, 0.25) is 0 Å². The van der Waals surface area contributed by atoms with Crippen LogP contribution in [0.25, 0.3) is 0 Å². The SMILES string of the molecule is Cc1cnc(C)c(NCCc2ccc3c(c2)OCCO3)n1. The smallest absolute Gasteiger partial charge is 0.161 e. The summed E-state index contributed by atoms with van der Waals surface area (Å²) in [5.74, 6) is 2.52. The number of anilines is 1. The maximum atomic E-state index is 5.60. The highest BCUT2D eigenvalue weighted by Gasteiger charge is 2.11. The first-order valence-corrected chi connectivity index (χ1v) is 7.15. The molecule has 5 heteroatoms. The average molecular weight is 285 g/mol. The Labute approximate surface area is 124 Å². The van der Waals surface area contributed by atoms with E-state index in [1.807, 2.05) is 26.0 Å². The van der Waals surface area contributed by atoms with Crippen molar-refractivity contribution in [2.24, 2.45) is 0 Å². The van der Waals surface area contributed by atoms with Crippen molar-refractivity contribution in [1.29, 1.82) is 0 Å². The molecule has 0 saturated heterocycles. The summed E-state index contributed by atoms with van der Waals surface area (Å²) < 4.78 is 11.1. The molecule has 110 valence electrons. The Morgan fingerprint density at radius 2 is 1.95 bits per heavy atom. The molecular formula is C16H19N3O2. The Hall–Kier alpha value is -2.30. The summed E-state index contributed by atoms with van der Waals surface area (Å²) >= 11 is 0. The van der Waals surface area contributed by atoms with E-state index in [2.05, 4.69) is 21.4 Å². The Balaban J connectivity index is 1.61. The summed E-state index contributed by atoms with van der Waals surface area (Å²) in [6.45, 7) is 5.95. The third kappa shape index (κ3) is 3.24. The zero-order valence-electron chi connectivity index (χ0n) is 12.3. The molecule has 1 aromatic heterocycles. The highest BCUT2D eigenvalue weighted by molar-refractivity contribution is 5.44. The van der Waals surface area contributed by atoms with Crippen molar-refractivity contribution in [3.05, 3.63) is 41.3 Å². The molecule has 1 aliphatic heterocycles. The number of aryl methyl sites for hydroxylation is 2. The quantitative estimate of drug-likeness (QED) is 0.935. The van der Waals surface area contributed by atoms with Crippen LogP contribution >= 0.6 is 0 Å². The van der Waals surface area contributed by atoms with E-state index in [9.17, 15) is 0 Å². The highest BCUT2D eigenvalue weighted by atomic mass is 16.6. The van der Waals surface area contributed by atoms with Gasteiger partial charge in [0.05, 0.1) is 11.4 Å². The average Bonchev–Trinajstić information content (AvgIpc) is 2.50. The van der Waals surface area contributed by atoms with Gasteiger partial charge in [0.15, 0.2) is 11.5 Å². The summed E-state index contributed by atoms with van der Waals surface area (Å²) in [5, 5.41) is 3.34. The number of rotatable bonds is 4. The number of ether oxygens (including phenoxy) is 2. The topological polar surface area (TPSA) is 56.3 Å². The van der Waals surface area contributed by atoms with Crippen LogP contribution in [0.1, 0.15) is 17.0 Å². The van der Waals surface area contributed by atoms with Gasteiger partial charge in [-0.05, 0) is 38.0 Å². The number of aromatic nitrogens is 2. The Morgan fingerprint density at radius 3 is 2.81 bits per heavy atom. The van der Waals surface area contributed by atoms with E-state index >= 15 is 0 Å². The van der Waals surface area contributed by atoms with Crippen molar-refractivity contribution < 1.29 is 9.47 Å².